The number of carbonyl (C=O) groups excluding carboxylic acids is 1. The molecule has 0 bridgehead atoms. The number of rotatable bonds is 2. The molecule has 1 amide bonds. The number of carbonyl (C=O) groups is 1. The van der Waals surface area contributed by atoms with Crippen LogP contribution in [0.1, 0.15) is 43.1 Å². The molecular weight excluding hydrogens is 268 g/mol. The predicted octanol–water partition coefficient (Wildman–Crippen LogP) is 3.30. The number of likely N-dealkylation sites (tertiary alicyclic amines) is 1. The molecule has 1 fully saturated rings. The number of thioether (sulfide) groups is 1. The summed E-state index contributed by atoms with van der Waals surface area (Å²) in [6.45, 7) is 8.28. The van der Waals surface area contributed by atoms with Gasteiger partial charge in [0.2, 0.25) is 0 Å². The van der Waals surface area contributed by atoms with Gasteiger partial charge in [-0.25, -0.2) is 0 Å². The lowest BCUT2D eigenvalue weighted by atomic mass is 10.1. The van der Waals surface area contributed by atoms with Crippen molar-refractivity contribution in [3.05, 3.63) is 35.4 Å². The first-order chi connectivity index (χ1) is 9.39. The molecule has 0 unspecified atom stereocenters. The summed E-state index contributed by atoms with van der Waals surface area (Å²) in [5, 5.41) is 9.30. The summed E-state index contributed by atoms with van der Waals surface area (Å²) >= 11 is 1.95. The Bertz CT molecular complexity index is 525. The minimum Gasteiger partial charge on any atom is -0.337 e. The minimum absolute atomic E-state index is 0.0755. The number of nitrogens with zero attached hydrogens (tertiary/aromatic N) is 2. The maximum atomic E-state index is 12.4. The third-order valence-corrected chi connectivity index (χ3v) is 4.64. The average Bonchev–Trinajstić information content (AvgIpc) is 2.84. The first kappa shape index (κ1) is 14.9. The molecule has 1 aromatic carbocycles. The van der Waals surface area contributed by atoms with E-state index in [1.807, 2.05) is 16.7 Å². The topological polar surface area (TPSA) is 44.1 Å². The highest BCUT2D eigenvalue weighted by Crippen LogP contribution is 2.33. The van der Waals surface area contributed by atoms with Crippen molar-refractivity contribution in [2.45, 2.75) is 37.2 Å². The van der Waals surface area contributed by atoms with Gasteiger partial charge in [0.1, 0.15) is 0 Å². The van der Waals surface area contributed by atoms with Crippen LogP contribution in [0.15, 0.2) is 24.3 Å². The second kappa shape index (κ2) is 5.88. The second-order valence-corrected chi connectivity index (χ2v) is 8.21. The van der Waals surface area contributed by atoms with Crippen LogP contribution in [0, 0.1) is 11.3 Å². The Balaban J connectivity index is 1.99. The Kier molecular flexibility index (Phi) is 4.39. The third kappa shape index (κ3) is 3.77. The van der Waals surface area contributed by atoms with Gasteiger partial charge in [-0.05, 0) is 30.7 Å². The molecule has 1 aliphatic rings. The largest absolute Gasteiger partial charge is 0.337 e. The standard InChI is InChI=1S/C16H20N2OS/c1-16(2,3)20-14-8-9-18(11-14)15(19)13-6-4-12(10-17)5-7-13/h4-7,14H,8-9,11H2,1-3H3/t14-/m1/s1. The highest BCUT2D eigenvalue weighted by molar-refractivity contribution is 8.01. The van der Waals surface area contributed by atoms with Crippen LogP contribution >= 0.6 is 11.8 Å². The van der Waals surface area contributed by atoms with Gasteiger partial charge in [0.15, 0.2) is 0 Å². The highest BCUT2D eigenvalue weighted by Gasteiger charge is 2.30. The average molecular weight is 288 g/mol. The van der Waals surface area contributed by atoms with Crippen LogP contribution in [0.4, 0.5) is 0 Å². The van der Waals surface area contributed by atoms with Crippen LogP contribution < -0.4 is 0 Å². The molecule has 20 heavy (non-hydrogen) atoms. The van der Waals surface area contributed by atoms with Crippen molar-refractivity contribution >= 4 is 17.7 Å². The molecule has 106 valence electrons. The van der Waals surface area contributed by atoms with E-state index in [0.29, 0.717) is 16.4 Å². The molecule has 0 aromatic heterocycles. The van der Waals surface area contributed by atoms with E-state index in [2.05, 4.69) is 26.8 Å². The molecular formula is C16H20N2OS. The monoisotopic (exact) mass is 288 g/mol. The fourth-order valence-electron chi connectivity index (χ4n) is 2.38. The first-order valence-electron chi connectivity index (χ1n) is 6.86. The molecule has 2 rings (SSSR count). The fourth-order valence-corrected chi connectivity index (χ4v) is 3.86. The zero-order valence-electron chi connectivity index (χ0n) is 12.2. The van der Waals surface area contributed by atoms with E-state index in [-0.39, 0.29) is 10.7 Å². The lowest BCUT2D eigenvalue weighted by molar-refractivity contribution is 0.0793. The van der Waals surface area contributed by atoms with Crippen molar-refractivity contribution in [3.8, 4) is 6.07 Å². The Labute approximate surface area is 125 Å². The number of hydrogen-bond acceptors (Lipinski definition) is 3. The van der Waals surface area contributed by atoms with Crippen molar-refractivity contribution < 1.29 is 4.79 Å². The molecule has 0 aliphatic carbocycles. The second-order valence-electron chi connectivity index (χ2n) is 6.08. The third-order valence-electron chi connectivity index (χ3n) is 3.21. The molecule has 1 aliphatic heterocycles. The van der Waals surface area contributed by atoms with Crippen molar-refractivity contribution in [1.82, 2.24) is 4.90 Å². The summed E-state index contributed by atoms with van der Waals surface area (Å²) in [6.07, 6.45) is 1.06. The van der Waals surface area contributed by atoms with Gasteiger partial charge in [-0.15, -0.1) is 0 Å². The summed E-state index contributed by atoms with van der Waals surface area (Å²) in [4.78, 5) is 14.3. The minimum atomic E-state index is 0.0755. The number of nitriles is 1. The molecule has 1 saturated heterocycles. The first-order valence-corrected chi connectivity index (χ1v) is 7.74. The molecule has 1 atom stereocenters. The zero-order valence-corrected chi connectivity index (χ0v) is 13.0. The van der Waals surface area contributed by atoms with Crippen molar-refractivity contribution in [2.75, 3.05) is 13.1 Å². The van der Waals surface area contributed by atoms with Gasteiger partial charge >= 0.3 is 0 Å². The predicted molar refractivity (Wildman–Crippen MR) is 82.8 cm³/mol. The molecule has 1 heterocycles. The van der Waals surface area contributed by atoms with Crippen LogP contribution in [-0.2, 0) is 0 Å². The van der Waals surface area contributed by atoms with E-state index in [1.165, 1.54) is 0 Å². The smallest absolute Gasteiger partial charge is 0.253 e. The number of hydrogen-bond donors (Lipinski definition) is 0. The molecule has 0 N–H and O–H groups in total. The summed E-state index contributed by atoms with van der Waals surface area (Å²) in [7, 11) is 0. The molecule has 3 nitrogen and oxygen atoms in total. The highest BCUT2D eigenvalue weighted by atomic mass is 32.2. The van der Waals surface area contributed by atoms with Crippen LogP contribution in [0.25, 0.3) is 0 Å². The van der Waals surface area contributed by atoms with Crippen LogP contribution in [0.5, 0.6) is 0 Å². The van der Waals surface area contributed by atoms with E-state index in [1.54, 1.807) is 24.3 Å². The summed E-state index contributed by atoms with van der Waals surface area (Å²) < 4.78 is 0.234. The van der Waals surface area contributed by atoms with Gasteiger partial charge in [-0.3, -0.25) is 4.79 Å². The van der Waals surface area contributed by atoms with E-state index in [4.69, 9.17) is 5.26 Å². The van der Waals surface area contributed by atoms with Crippen LogP contribution in [-0.4, -0.2) is 33.9 Å². The summed E-state index contributed by atoms with van der Waals surface area (Å²) in [5.74, 6) is 0.0755. The van der Waals surface area contributed by atoms with Crippen LogP contribution in [0.3, 0.4) is 0 Å². The molecule has 4 heteroatoms. The molecule has 1 aromatic rings. The Morgan fingerprint density at radius 3 is 2.55 bits per heavy atom. The van der Waals surface area contributed by atoms with E-state index in [9.17, 15) is 4.79 Å². The number of benzene rings is 1. The zero-order chi connectivity index (χ0) is 14.8. The van der Waals surface area contributed by atoms with Crippen molar-refractivity contribution in [2.24, 2.45) is 0 Å². The summed E-state index contributed by atoms with van der Waals surface area (Å²) in [6, 6.07) is 8.95. The van der Waals surface area contributed by atoms with Crippen LogP contribution in [0.2, 0.25) is 0 Å². The van der Waals surface area contributed by atoms with Gasteiger partial charge in [-0.1, -0.05) is 20.8 Å². The number of amides is 1. The lowest BCUT2D eigenvalue weighted by Crippen LogP contribution is -2.29. The quantitative estimate of drug-likeness (QED) is 0.838. The maximum Gasteiger partial charge on any atom is 0.253 e. The van der Waals surface area contributed by atoms with Gasteiger partial charge < -0.3 is 4.90 Å². The Hall–Kier alpha value is -1.47. The van der Waals surface area contributed by atoms with E-state index in [0.717, 1.165) is 19.5 Å². The molecule has 0 saturated carbocycles. The van der Waals surface area contributed by atoms with Crippen molar-refractivity contribution in [3.63, 3.8) is 0 Å². The SMILES string of the molecule is CC(C)(C)S[C@@H]1CCN(C(=O)c2ccc(C#N)cc2)C1. The van der Waals surface area contributed by atoms with E-state index < -0.39 is 0 Å². The van der Waals surface area contributed by atoms with Gasteiger partial charge in [0.25, 0.3) is 5.91 Å². The summed E-state index contributed by atoms with van der Waals surface area (Å²) in [5.41, 5.74) is 1.26. The lowest BCUT2D eigenvalue weighted by Gasteiger charge is -2.23. The molecule has 0 spiro atoms. The van der Waals surface area contributed by atoms with Gasteiger partial charge in [0, 0.05) is 28.6 Å². The van der Waals surface area contributed by atoms with Gasteiger partial charge in [-0.2, -0.15) is 17.0 Å². The molecule has 0 radical (unpaired) electrons. The Morgan fingerprint density at radius 2 is 2.00 bits per heavy atom. The Morgan fingerprint density at radius 1 is 1.35 bits per heavy atom. The van der Waals surface area contributed by atoms with Gasteiger partial charge in [0.05, 0.1) is 11.6 Å². The fraction of sp³-hybridized carbons (Fsp3) is 0.500. The van der Waals surface area contributed by atoms with E-state index >= 15 is 0 Å². The normalized spacial score (nSPS) is 18.9. The maximum absolute atomic E-state index is 12.4. The van der Waals surface area contributed by atoms with Crippen molar-refractivity contribution in [1.29, 1.82) is 5.26 Å².